The molecular formula is C50H42N10O. The van der Waals surface area contributed by atoms with Crippen LogP contribution in [0.1, 0.15) is 33.6 Å². The van der Waals surface area contributed by atoms with E-state index in [2.05, 4.69) is 74.0 Å². The van der Waals surface area contributed by atoms with Crippen LogP contribution in [0.3, 0.4) is 0 Å². The topological polar surface area (TPSA) is 164 Å². The minimum Gasteiger partial charge on any atom is -0.399 e. The molecule has 0 amide bonds. The summed E-state index contributed by atoms with van der Waals surface area (Å²) in [7, 11) is 0. The van der Waals surface area contributed by atoms with Gasteiger partial charge in [-0.2, -0.15) is 20.7 Å². The van der Waals surface area contributed by atoms with E-state index in [0.29, 0.717) is 28.7 Å². The van der Waals surface area contributed by atoms with Gasteiger partial charge in [-0.3, -0.25) is 9.97 Å². The number of benzene rings is 4. The molecule has 61 heavy (non-hydrogen) atoms. The summed E-state index contributed by atoms with van der Waals surface area (Å²) in [4.78, 5) is 18.7. The number of nitrogens with one attached hydrogen (secondary N) is 1. The van der Waals surface area contributed by atoms with Crippen molar-refractivity contribution in [2.24, 2.45) is 11.8 Å². The Kier molecular flexibility index (Phi) is 12.1. The second-order valence-electron chi connectivity index (χ2n) is 15.0. The standard InChI is InChI=1S/C25H21N5.C15H11N5.C10H10O/c26-15-24-14-25(21-6-3-11-27-17-21)29-30(24)23-9-7-22(8-10-23)28-16-18-12-19-4-1-2-5-20(19)13-18;16-9-14-8-15(11-2-1-7-18-10-11)19-20(14)13-5-3-12(17)4-6-13;11-7-8-5-9-3-1-2-4-10(9)6-8/h1-11,14,17-18,28H,12-13,16H2;1-8,10H,17H2;1-4,7-8H,5-6H2. The first-order chi connectivity index (χ1) is 30.0. The number of aromatic nitrogens is 6. The van der Waals surface area contributed by atoms with E-state index in [1.54, 1.807) is 58.4 Å². The van der Waals surface area contributed by atoms with Gasteiger partial charge in [0.25, 0.3) is 0 Å². The number of rotatable bonds is 8. The average molecular weight is 799 g/mol. The van der Waals surface area contributed by atoms with Gasteiger partial charge in [-0.25, -0.2) is 9.36 Å². The van der Waals surface area contributed by atoms with E-state index in [0.717, 1.165) is 72.4 Å². The van der Waals surface area contributed by atoms with Gasteiger partial charge < -0.3 is 15.8 Å². The van der Waals surface area contributed by atoms with E-state index in [1.807, 2.05) is 72.8 Å². The van der Waals surface area contributed by atoms with Crippen molar-refractivity contribution in [3.8, 4) is 46.0 Å². The van der Waals surface area contributed by atoms with Gasteiger partial charge in [0.1, 0.15) is 29.8 Å². The molecule has 0 fully saturated rings. The molecule has 8 aromatic rings. The van der Waals surface area contributed by atoms with E-state index >= 15 is 0 Å². The summed E-state index contributed by atoms with van der Waals surface area (Å²) in [5.41, 5.74) is 18.9. The molecule has 298 valence electrons. The molecule has 2 aliphatic carbocycles. The van der Waals surface area contributed by atoms with Crippen LogP contribution < -0.4 is 11.1 Å². The van der Waals surface area contributed by atoms with Crippen molar-refractivity contribution >= 4 is 17.7 Å². The number of pyridine rings is 2. The molecule has 0 atom stereocenters. The van der Waals surface area contributed by atoms with Crippen LogP contribution in [0, 0.1) is 34.5 Å². The van der Waals surface area contributed by atoms with Crippen LogP contribution in [-0.4, -0.2) is 42.4 Å². The molecule has 11 heteroatoms. The Morgan fingerprint density at radius 2 is 1.08 bits per heavy atom. The highest BCUT2D eigenvalue weighted by Crippen LogP contribution is 2.28. The lowest BCUT2D eigenvalue weighted by molar-refractivity contribution is -0.110. The molecule has 0 spiro atoms. The summed E-state index contributed by atoms with van der Waals surface area (Å²) in [6.45, 7) is 0.949. The summed E-state index contributed by atoms with van der Waals surface area (Å²) in [5, 5.41) is 31.4. The van der Waals surface area contributed by atoms with Gasteiger partial charge in [0.05, 0.1) is 22.8 Å². The zero-order valence-electron chi connectivity index (χ0n) is 33.3. The quantitative estimate of drug-likeness (QED) is 0.113. The molecule has 10 rings (SSSR count). The molecule has 4 aromatic heterocycles. The molecule has 0 radical (unpaired) electrons. The highest BCUT2D eigenvalue weighted by molar-refractivity contribution is 5.62. The summed E-state index contributed by atoms with van der Waals surface area (Å²) in [6.07, 6.45) is 12.1. The van der Waals surface area contributed by atoms with E-state index in [-0.39, 0.29) is 5.92 Å². The van der Waals surface area contributed by atoms with Gasteiger partial charge in [0.2, 0.25) is 0 Å². The predicted molar refractivity (Wildman–Crippen MR) is 237 cm³/mol. The van der Waals surface area contributed by atoms with Gasteiger partial charge in [0, 0.05) is 71.9 Å². The van der Waals surface area contributed by atoms with Gasteiger partial charge in [-0.15, -0.1) is 0 Å². The van der Waals surface area contributed by atoms with Gasteiger partial charge in [-0.05, 0) is 127 Å². The molecule has 0 saturated heterocycles. The first-order valence-corrected chi connectivity index (χ1v) is 20.1. The molecule has 4 aromatic carbocycles. The lowest BCUT2D eigenvalue weighted by atomic mass is 10.1. The third kappa shape index (κ3) is 9.44. The number of carbonyl (C=O) groups is 1. The van der Waals surface area contributed by atoms with Crippen LogP contribution >= 0.6 is 0 Å². The Balaban J connectivity index is 0.000000142. The minimum atomic E-state index is 0.243. The summed E-state index contributed by atoms with van der Waals surface area (Å²) < 4.78 is 3.28. The maximum absolute atomic E-state index is 10.5. The second-order valence-corrected chi connectivity index (χ2v) is 15.0. The fourth-order valence-corrected chi connectivity index (χ4v) is 7.71. The average Bonchev–Trinajstić information content (AvgIpc) is 4.14. The Bertz CT molecular complexity index is 2770. The summed E-state index contributed by atoms with van der Waals surface area (Å²) >= 11 is 0. The highest BCUT2D eigenvalue weighted by Gasteiger charge is 2.21. The van der Waals surface area contributed by atoms with Crippen molar-refractivity contribution in [3.05, 3.63) is 192 Å². The van der Waals surface area contributed by atoms with Gasteiger partial charge in [-0.1, -0.05) is 48.5 Å². The predicted octanol–water partition coefficient (Wildman–Crippen LogP) is 8.62. The Hall–Kier alpha value is -8.15. The number of hydrogen-bond donors (Lipinski definition) is 2. The van der Waals surface area contributed by atoms with E-state index in [4.69, 9.17) is 5.73 Å². The molecule has 0 aliphatic heterocycles. The maximum atomic E-state index is 10.5. The van der Waals surface area contributed by atoms with E-state index < -0.39 is 0 Å². The molecule has 4 heterocycles. The lowest BCUT2D eigenvalue weighted by Gasteiger charge is -2.12. The van der Waals surface area contributed by atoms with Gasteiger partial charge >= 0.3 is 0 Å². The molecule has 0 unspecified atom stereocenters. The van der Waals surface area contributed by atoms with Crippen molar-refractivity contribution in [1.29, 1.82) is 10.5 Å². The molecule has 0 bridgehead atoms. The SMILES string of the molecule is N#Cc1cc(-c2cccnc2)nn1-c1ccc(N)cc1.N#Cc1cc(-c2cccnc2)nn1-c1ccc(NCC2Cc3ccccc3C2)cc1.O=CC1Cc2ccccc2C1. The molecule has 2 aliphatic rings. The van der Waals surface area contributed by atoms with Crippen LogP contribution in [0.5, 0.6) is 0 Å². The first-order valence-electron chi connectivity index (χ1n) is 20.1. The zero-order chi connectivity index (χ0) is 42.0. The number of nitrogens with two attached hydrogens (primary N) is 1. The molecular weight excluding hydrogens is 757 g/mol. The zero-order valence-corrected chi connectivity index (χ0v) is 33.3. The van der Waals surface area contributed by atoms with E-state index in [1.165, 1.54) is 22.3 Å². The normalized spacial score (nSPS) is 12.7. The number of nitrogen functional groups attached to an aromatic ring is 1. The van der Waals surface area contributed by atoms with Crippen LogP contribution in [-0.2, 0) is 30.5 Å². The van der Waals surface area contributed by atoms with Crippen LogP contribution in [0.15, 0.2) is 158 Å². The Labute approximate surface area is 354 Å². The van der Waals surface area contributed by atoms with E-state index in [9.17, 15) is 15.3 Å². The minimum absolute atomic E-state index is 0.243. The third-order valence-corrected chi connectivity index (χ3v) is 10.8. The van der Waals surface area contributed by atoms with Crippen molar-refractivity contribution in [1.82, 2.24) is 29.5 Å². The molecule has 3 N–H and O–H groups in total. The summed E-state index contributed by atoms with van der Waals surface area (Å²) in [5.74, 6) is 0.868. The molecule has 11 nitrogen and oxygen atoms in total. The fourth-order valence-electron chi connectivity index (χ4n) is 7.71. The Morgan fingerprint density at radius 1 is 0.623 bits per heavy atom. The molecule has 0 saturated carbocycles. The lowest BCUT2D eigenvalue weighted by Crippen LogP contribution is -2.14. The maximum Gasteiger partial charge on any atom is 0.144 e. The highest BCUT2D eigenvalue weighted by atomic mass is 16.1. The number of anilines is 2. The third-order valence-electron chi connectivity index (χ3n) is 10.8. The number of carbonyl (C=O) groups excluding carboxylic acids is 1. The van der Waals surface area contributed by atoms with Gasteiger partial charge in [0.15, 0.2) is 0 Å². The first kappa shape index (κ1) is 39.7. The summed E-state index contributed by atoms with van der Waals surface area (Å²) in [6, 6.07) is 47.8. The smallest absolute Gasteiger partial charge is 0.144 e. The van der Waals surface area contributed by atoms with Crippen molar-refractivity contribution in [2.75, 3.05) is 17.6 Å². The number of fused-ring (bicyclic) bond motifs is 2. The van der Waals surface area contributed by atoms with Crippen LogP contribution in [0.2, 0.25) is 0 Å². The number of nitriles is 2. The Morgan fingerprint density at radius 3 is 1.51 bits per heavy atom. The van der Waals surface area contributed by atoms with Crippen LogP contribution in [0.4, 0.5) is 11.4 Å². The number of hydrogen-bond acceptors (Lipinski definition) is 9. The number of aldehydes is 1. The van der Waals surface area contributed by atoms with Crippen molar-refractivity contribution < 1.29 is 4.79 Å². The fraction of sp³-hybridized carbons (Fsp3) is 0.140. The number of nitrogens with zero attached hydrogens (tertiary/aromatic N) is 8. The van der Waals surface area contributed by atoms with Crippen molar-refractivity contribution in [2.45, 2.75) is 25.7 Å². The van der Waals surface area contributed by atoms with Crippen LogP contribution in [0.25, 0.3) is 33.9 Å². The monoisotopic (exact) mass is 798 g/mol. The van der Waals surface area contributed by atoms with Crippen molar-refractivity contribution in [3.63, 3.8) is 0 Å². The second kappa shape index (κ2) is 18.6. The largest absolute Gasteiger partial charge is 0.399 e.